The number of aromatic nitrogens is 1. The van der Waals surface area contributed by atoms with Crippen LogP contribution in [-0.4, -0.2) is 56.3 Å². The van der Waals surface area contributed by atoms with Gasteiger partial charge in [-0.25, -0.2) is 4.98 Å². The van der Waals surface area contributed by atoms with Gasteiger partial charge >= 0.3 is 0 Å². The quantitative estimate of drug-likeness (QED) is 0.513. The molecule has 2 aromatic rings. The van der Waals surface area contributed by atoms with Crippen molar-refractivity contribution in [3.8, 4) is 0 Å². The molecule has 0 saturated carbocycles. The highest BCUT2D eigenvalue weighted by Crippen LogP contribution is 2.25. The third-order valence-corrected chi connectivity index (χ3v) is 5.52. The molecule has 0 aliphatic heterocycles. The van der Waals surface area contributed by atoms with Crippen molar-refractivity contribution in [1.82, 2.24) is 24.3 Å². The van der Waals surface area contributed by atoms with Gasteiger partial charge in [-0.15, -0.1) is 10.2 Å². The third-order valence-electron chi connectivity index (χ3n) is 3.81. The molecule has 1 amide bonds. The van der Waals surface area contributed by atoms with E-state index in [-0.39, 0.29) is 5.91 Å². The number of fused-ring (bicyclic) bond motifs is 1. The molecule has 0 bridgehead atoms. The number of carbonyl (C=O) groups is 1. The van der Waals surface area contributed by atoms with Gasteiger partial charge in [-0.3, -0.25) is 9.80 Å². The Labute approximate surface area is 161 Å². The molecule has 0 unspecified atom stereocenters. The maximum Gasteiger partial charge on any atom is 0.269 e. The van der Waals surface area contributed by atoms with Crippen LogP contribution in [0.4, 0.5) is 5.13 Å². The standard InChI is InChI=1S/C16H25BrN6OS/c1-5-20(22(7-3)23(8-4)21(17)6-2)15(24)12-9-10-13-14(11-12)25-16(18)19-13/h9-11H,5-8H2,1-4H3,(H2,18,19). The first-order valence-corrected chi connectivity index (χ1v) is 9.95. The fourth-order valence-electron chi connectivity index (χ4n) is 2.69. The van der Waals surface area contributed by atoms with Crippen molar-refractivity contribution < 1.29 is 4.79 Å². The summed E-state index contributed by atoms with van der Waals surface area (Å²) in [6, 6.07) is 5.52. The summed E-state index contributed by atoms with van der Waals surface area (Å²) in [5, 5.41) is 6.22. The largest absolute Gasteiger partial charge is 0.375 e. The lowest BCUT2D eigenvalue weighted by Gasteiger charge is -2.43. The Hall–Kier alpha value is -1.26. The number of hydrogen-bond donors (Lipinski definition) is 1. The molecule has 7 nitrogen and oxygen atoms in total. The lowest BCUT2D eigenvalue weighted by molar-refractivity contribution is -0.218. The second kappa shape index (κ2) is 8.91. The number of thiazole rings is 1. The molecule has 0 aliphatic rings. The van der Waals surface area contributed by atoms with Crippen LogP contribution < -0.4 is 5.73 Å². The van der Waals surface area contributed by atoms with Gasteiger partial charge in [-0.1, -0.05) is 11.3 Å². The number of anilines is 1. The van der Waals surface area contributed by atoms with Crippen LogP contribution in [0.5, 0.6) is 0 Å². The monoisotopic (exact) mass is 428 g/mol. The third kappa shape index (κ3) is 4.29. The number of nitrogen functional groups attached to an aromatic ring is 1. The molecule has 1 aromatic carbocycles. The topological polar surface area (TPSA) is 68.9 Å². The van der Waals surface area contributed by atoms with Gasteiger partial charge in [0.1, 0.15) is 0 Å². The van der Waals surface area contributed by atoms with E-state index >= 15 is 0 Å². The van der Waals surface area contributed by atoms with Crippen molar-refractivity contribution in [2.75, 3.05) is 31.9 Å². The Morgan fingerprint density at radius 1 is 1.12 bits per heavy atom. The van der Waals surface area contributed by atoms with Crippen molar-refractivity contribution >= 4 is 48.7 Å². The van der Waals surface area contributed by atoms with Crippen molar-refractivity contribution in [3.05, 3.63) is 23.8 Å². The molecular weight excluding hydrogens is 404 g/mol. The van der Waals surface area contributed by atoms with Crippen LogP contribution >= 0.6 is 27.5 Å². The SMILES string of the molecule is CCN(Br)N(CC)N(CC)N(CC)C(=O)c1ccc2nc(N)sc2c1. The summed E-state index contributed by atoms with van der Waals surface area (Å²) in [4.78, 5) is 17.4. The van der Waals surface area contributed by atoms with Crippen LogP contribution in [0.15, 0.2) is 18.2 Å². The maximum atomic E-state index is 13.1. The average molecular weight is 429 g/mol. The Balaban J connectivity index is 2.33. The number of halogens is 1. The maximum absolute atomic E-state index is 13.1. The molecular formula is C16H25BrN6OS. The van der Waals surface area contributed by atoms with E-state index in [1.54, 1.807) is 5.01 Å². The van der Waals surface area contributed by atoms with Crippen LogP contribution in [-0.2, 0) is 0 Å². The molecule has 0 spiro atoms. The van der Waals surface area contributed by atoms with Crippen LogP contribution in [0.25, 0.3) is 10.2 Å². The van der Waals surface area contributed by atoms with Gasteiger partial charge in [0.25, 0.3) is 5.91 Å². The van der Waals surface area contributed by atoms with Crippen molar-refractivity contribution in [1.29, 1.82) is 0 Å². The second-order valence-electron chi connectivity index (χ2n) is 5.29. The predicted molar refractivity (Wildman–Crippen MR) is 107 cm³/mol. The van der Waals surface area contributed by atoms with E-state index in [0.29, 0.717) is 23.8 Å². The lowest BCUT2D eigenvalue weighted by atomic mass is 10.2. The Bertz CT molecular complexity index is 724. The molecule has 1 aromatic heterocycles. The number of rotatable bonds is 8. The summed E-state index contributed by atoms with van der Waals surface area (Å²) in [5.74, 6) is -0.0475. The summed E-state index contributed by atoms with van der Waals surface area (Å²) < 4.78 is 2.84. The van der Waals surface area contributed by atoms with E-state index in [4.69, 9.17) is 5.73 Å². The zero-order chi connectivity index (χ0) is 18.6. The van der Waals surface area contributed by atoms with Crippen molar-refractivity contribution in [3.63, 3.8) is 0 Å². The van der Waals surface area contributed by atoms with E-state index in [1.165, 1.54) is 11.3 Å². The summed E-state index contributed by atoms with van der Waals surface area (Å²) in [5.41, 5.74) is 7.22. The molecule has 9 heteroatoms. The number of nitrogens with zero attached hydrogens (tertiary/aromatic N) is 5. The van der Waals surface area contributed by atoms with Gasteiger partial charge < -0.3 is 5.73 Å². The summed E-state index contributed by atoms with van der Waals surface area (Å²) in [7, 11) is 0. The highest BCUT2D eigenvalue weighted by atomic mass is 79.9. The average Bonchev–Trinajstić information content (AvgIpc) is 2.99. The predicted octanol–water partition coefficient (Wildman–Crippen LogP) is 3.36. The first-order valence-electron chi connectivity index (χ1n) is 8.42. The molecule has 0 aliphatic carbocycles. The van der Waals surface area contributed by atoms with Crippen LogP contribution in [0.1, 0.15) is 38.1 Å². The first-order chi connectivity index (χ1) is 12.0. The van der Waals surface area contributed by atoms with E-state index in [9.17, 15) is 4.79 Å². The number of benzene rings is 1. The van der Waals surface area contributed by atoms with Crippen LogP contribution in [0.3, 0.4) is 0 Å². The Kier molecular flexibility index (Phi) is 7.14. The Morgan fingerprint density at radius 2 is 1.80 bits per heavy atom. The van der Waals surface area contributed by atoms with E-state index < -0.39 is 0 Å². The van der Waals surface area contributed by atoms with Gasteiger partial charge in [-0.2, -0.15) is 4.03 Å². The number of amides is 1. The van der Waals surface area contributed by atoms with Gasteiger partial charge in [-0.05, 0) is 45.9 Å². The van der Waals surface area contributed by atoms with E-state index in [1.807, 2.05) is 53.2 Å². The number of hydrazine groups is 3. The number of hydrogen-bond acceptors (Lipinski definition) is 7. The smallest absolute Gasteiger partial charge is 0.269 e. The molecule has 0 saturated heterocycles. The molecule has 0 radical (unpaired) electrons. The normalized spacial score (nSPS) is 11.8. The number of carbonyl (C=O) groups excluding carboxylic acids is 1. The molecule has 0 fully saturated rings. The van der Waals surface area contributed by atoms with Crippen LogP contribution in [0, 0.1) is 0 Å². The summed E-state index contributed by atoms with van der Waals surface area (Å²) >= 11 is 4.93. The minimum atomic E-state index is -0.0475. The highest BCUT2D eigenvalue weighted by molar-refractivity contribution is 9.07. The van der Waals surface area contributed by atoms with Gasteiger partial charge in [0, 0.05) is 47.9 Å². The molecule has 138 valence electrons. The molecule has 25 heavy (non-hydrogen) atoms. The zero-order valence-electron chi connectivity index (χ0n) is 15.1. The summed E-state index contributed by atoms with van der Waals surface area (Å²) in [6.07, 6.45) is 0. The molecule has 2 N–H and O–H groups in total. The molecule has 1 heterocycles. The summed E-state index contributed by atoms with van der Waals surface area (Å²) in [6.45, 7) is 10.9. The minimum Gasteiger partial charge on any atom is -0.375 e. The first kappa shape index (κ1) is 20.1. The van der Waals surface area contributed by atoms with Gasteiger partial charge in [0.05, 0.1) is 10.2 Å². The van der Waals surface area contributed by atoms with Gasteiger partial charge in [0.15, 0.2) is 5.13 Å². The minimum absolute atomic E-state index is 0.0475. The highest BCUT2D eigenvalue weighted by Gasteiger charge is 2.27. The number of nitrogens with two attached hydrogens (primary N) is 1. The van der Waals surface area contributed by atoms with E-state index in [0.717, 1.165) is 23.3 Å². The second-order valence-corrected chi connectivity index (χ2v) is 7.17. The molecule has 0 atom stereocenters. The van der Waals surface area contributed by atoms with E-state index in [2.05, 4.69) is 28.1 Å². The Morgan fingerprint density at radius 3 is 2.36 bits per heavy atom. The lowest BCUT2D eigenvalue weighted by Crippen LogP contribution is -2.58. The fourth-order valence-corrected chi connectivity index (χ4v) is 3.85. The van der Waals surface area contributed by atoms with Crippen molar-refractivity contribution in [2.24, 2.45) is 0 Å². The fraction of sp³-hybridized carbons (Fsp3) is 0.500. The van der Waals surface area contributed by atoms with Gasteiger partial charge in [0.2, 0.25) is 0 Å². The van der Waals surface area contributed by atoms with Crippen molar-refractivity contribution in [2.45, 2.75) is 27.7 Å². The zero-order valence-corrected chi connectivity index (χ0v) is 17.5. The molecule has 2 rings (SSSR count). The van der Waals surface area contributed by atoms with Crippen LogP contribution in [0.2, 0.25) is 0 Å².